The second kappa shape index (κ2) is 19.0. The van der Waals surface area contributed by atoms with Crippen LogP contribution < -0.4 is 20.7 Å². The van der Waals surface area contributed by atoms with Crippen molar-refractivity contribution in [1.29, 1.82) is 0 Å². The number of aliphatic imine (C=N–C) groups is 1. The zero-order valence-corrected chi connectivity index (χ0v) is 31.6. The topological polar surface area (TPSA) is 168 Å². The number of piperidine rings is 1. The van der Waals surface area contributed by atoms with Crippen LogP contribution in [0, 0.1) is 17.7 Å². The average Bonchev–Trinajstić information content (AvgIpc) is 3.78. The second-order valence-corrected chi connectivity index (χ2v) is 15.1. The SMILES string of the molecule is CC(C)C[C@H](NC(=O)CN1CCC(O)CC1)C(=O)N[C@@H](CC(C)C)C(=O)N[C@@H](Cc1c[nH]c2ccccc12)C(=O)N1CCN=C1COc1ccc(F)cc1. The molecule has 2 aromatic carbocycles. The molecule has 3 aromatic rings. The highest BCUT2D eigenvalue weighted by molar-refractivity contribution is 6.04. The number of likely N-dealkylation sites (tertiary alicyclic amines) is 1. The van der Waals surface area contributed by atoms with Gasteiger partial charge in [-0.2, -0.15) is 0 Å². The summed E-state index contributed by atoms with van der Waals surface area (Å²) in [6.07, 6.45) is 3.48. The van der Waals surface area contributed by atoms with E-state index in [1.807, 2.05) is 63.1 Å². The lowest BCUT2D eigenvalue weighted by atomic mass is 9.99. The van der Waals surface area contributed by atoms with Crippen molar-refractivity contribution in [1.82, 2.24) is 30.7 Å². The van der Waals surface area contributed by atoms with Gasteiger partial charge in [0.05, 0.1) is 19.2 Å². The molecule has 2 aliphatic rings. The summed E-state index contributed by atoms with van der Waals surface area (Å²) in [6.45, 7) is 9.72. The summed E-state index contributed by atoms with van der Waals surface area (Å²) in [4.78, 5) is 66.7. The van der Waals surface area contributed by atoms with Gasteiger partial charge in [0.15, 0.2) is 0 Å². The summed E-state index contributed by atoms with van der Waals surface area (Å²) in [7, 11) is 0. The summed E-state index contributed by atoms with van der Waals surface area (Å²) in [5.41, 5.74) is 1.72. The van der Waals surface area contributed by atoms with Crippen molar-refractivity contribution in [3.8, 4) is 5.75 Å². The van der Waals surface area contributed by atoms with Crippen LogP contribution >= 0.6 is 0 Å². The van der Waals surface area contributed by atoms with E-state index in [-0.39, 0.29) is 49.3 Å². The Bertz CT molecular complexity index is 1770. The first-order chi connectivity index (χ1) is 25.9. The van der Waals surface area contributed by atoms with E-state index in [4.69, 9.17) is 4.74 Å². The summed E-state index contributed by atoms with van der Waals surface area (Å²) >= 11 is 0. The minimum Gasteiger partial charge on any atom is -0.486 e. The Labute approximate surface area is 316 Å². The van der Waals surface area contributed by atoms with Crippen LogP contribution in [0.3, 0.4) is 0 Å². The number of aliphatic hydroxyl groups is 1. The molecule has 0 aliphatic carbocycles. The number of amidine groups is 1. The first-order valence-electron chi connectivity index (χ1n) is 18.9. The van der Waals surface area contributed by atoms with Gasteiger partial charge in [-0.05, 0) is 73.4 Å². The highest BCUT2D eigenvalue weighted by atomic mass is 19.1. The molecule has 0 radical (unpaired) electrons. The molecule has 0 spiro atoms. The number of hydrogen-bond donors (Lipinski definition) is 5. The maximum atomic E-state index is 14.4. The van der Waals surface area contributed by atoms with Crippen LogP contribution in [0.2, 0.25) is 0 Å². The van der Waals surface area contributed by atoms with E-state index >= 15 is 0 Å². The molecule has 14 heteroatoms. The summed E-state index contributed by atoms with van der Waals surface area (Å²) in [5, 5.41) is 19.5. The number of amides is 4. The van der Waals surface area contributed by atoms with Crippen LogP contribution in [0.5, 0.6) is 5.75 Å². The highest BCUT2D eigenvalue weighted by Crippen LogP contribution is 2.21. The van der Waals surface area contributed by atoms with Gasteiger partial charge in [0, 0.05) is 43.2 Å². The van der Waals surface area contributed by atoms with Gasteiger partial charge < -0.3 is 30.8 Å². The van der Waals surface area contributed by atoms with Crippen molar-refractivity contribution < 1.29 is 33.4 Å². The first-order valence-corrected chi connectivity index (χ1v) is 18.9. The molecule has 2 aliphatic heterocycles. The highest BCUT2D eigenvalue weighted by Gasteiger charge is 2.35. The predicted octanol–water partition coefficient (Wildman–Crippen LogP) is 3.17. The van der Waals surface area contributed by atoms with E-state index in [0.29, 0.717) is 63.4 Å². The van der Waals surface area contributed by atoms with Gasteiger partial charge in [-0.25, -0.2) is 4.39 Å². The van der Waals surface area contributed by atoms with Crippen LogP contribution in [0.4, 0.5) is 4.39 Å². The van der Waals surface area contributed by atoms with Gasteiger partial charge >= 0.3 is 0 Å². The Morgan fingerprint density at radius 1 is 0.889 bits per heavy atom. The van der Waals surface area contributed by atoms with Gasteiger partial charge in [-0.15, -0.1) is 0 Å². The number of nitrogens with one attached hydrogen (secondary N) is 4. The number of aromatic amines is 1. The molecule has 1 aromatic heterocycles. The molecule has 1 fully saturated rings. The van der Waals surface area contributed by atoms with E-state index < -0.39 is 35.8 Å². The number of H-pyrrole nitrogens is 1. The largest absolute Gasteiger partial charge is 0.486 e. The molecular weight excluding hydrogens is 693 g/mol. The fourth-order valence-electron chi connectivity index (χ4n) is 6.91. The summed E-state index contributed by atoms with van der Waals surface area (Å²) in [5.74, 6) is -1.16. The lowest BCUT2D eigenvalue weighted by Crippen LogP contribution is -2.58. The van der Waals surface area contributed by atoms with Crippen molar-refractivity contribution >= 4 is 40.4 Å². The number of nitrogens with zero attached hydrogens (tertiary/aromatic N) is 3. The molecule has 13 nitrogen and oxygen atoms in total. The molecule has 292 valence electrons. The third-order valence-corrected chi connectivity index (χ3v) is 9.71. The van der Waals surface area contributed by atoms with Crippen molar-refractivity contribution in [2.45, 2.75) is 84.0 Å². The van der Waals surface area contributed by atoms with Crippen LogP contribution in [0.25, 0.3) is 10.9 Å². The van der Waals surface area contributed by atoms with Crippen LogP contribution in [-0.4, -0.2) is 113 Å². The molecule has 1 saturated heterocycles. The van der Waals surface area contributed by atoms with Gasteiger partial charge in [0.1, 0.15) is 42.1 Å². The van der Waals surface area contributed by atoms with Gasteiger partial charge in [-0.1, -0.05) is 45.9 Å². The number of hydrogen-bond acceptors (Lipinski definition) is 8. The monoisotopic (exact) mass is 747 g/mol. The van der Waals surface area contributed by atoms with E-state index in [9.17, 15) is 28.7 Å². The van der Waals surface area contributed by atoms with E-state index in [1.54, 1.807) is 0 Å². The van der Waals surface area contributed by atoms with E-state index in [1.165, 1.54) is 29.2 Å². The predicted molar refractivity (Wildman–Crippen MR) is 204 cm³/mol. The molecule has 4 amide bonds. The first kappa shape index (κ1) is 40.4. The maximum absolute atomic E-state index is 14.4. The quantitative estimate of drug-likeness (QED) is 0.141. The van der Waals surface area contributed by atoms with E-state index in [0.717, 1.165) is 16.5 Å². The molecule has 3 heterocycles. The number of ether oxygens (including phenoxy) is 1. The summed E-state index contributed by atoms with van der Waals surface area (Å²) in [6, 6.07) is 10.4. The molecule has 5 rings (SSSR count). The van der Waals surface area contributed by atoms with Gasteiger partial charge in [0.2, 0.25) is 17.7 Å². The third-order valence-electron chi connectivity index (χ3n) is 9.71. The Hall–Kier alpha value is -4.82. The van der Waals surface area contributed by atoms with Crippen LogP contribution in [0.1, 0.15) is 58.9 Å². The summed E-state index contributed by atoms with van der Waals surface area (Å²) < 4.78 is 19.3. The number of carbonyl (C=O) groups is 4. The van der Waals surface area contributed by atoms with Crippen molar-refractivity contribution in [2.75, 3.05) is 39.3 Å². The average molecular weight is 748 g/mol. The molecule has 0 saturated carbocycles. The number of benzene rings is 2. The number of aromatic nitrogens is 1. The number of aliphatic hydroxyl groups excluding tert-OH is 1. The lowest BCUT2D eigenvalue weighted by Gasteiger charge is -2.30. The fraction of sp³-hybridized carbons (Fsp3) is 0.525. The van der Waals surface area contributed by atoms with Crippen LogP contribution in [0.15, 0.2) is 59.7 Å². The Morgan fingerprint density at radius 3 is 2.19 bits per heavy atom. The third kappa shape index (κ3) is 11.3. The number of carbonyl (C=O) groups excluding carboxylic acids is 4. The molecule has 0 bridgehead atoms. The number of rotatable bonds is 17. The standard InChI is InChI=1S/C40H54FN7O6/c1-25(2)19-33(44-37(50)23-47-16-13-29(49)14-17-47)38(51)45-34(20-26(3)4)39(52)46-35(21-27-22-43-32-8-6-5-7-31(27)32)40(53)48-18-15-42-36(48)24-54-30-11-9-28(41)10-12-30/h5-12,22,25-26,29,33-35,43,49H,13-21,23-24H2,1-4H3,(H,44,50)(H,45,51)(H,46,52)/t33-,34-,35-/m0/s1. The van der Waals surface area contributed by atoms with Crippen LogP contribution in [-0.2, 0) is 25.6 Å². The molecule has 3 atom stereocenters. The van der Waals surface area contributed by atoms with E-state index in [2.05, 4.69) is 25.9 Å². The zero-order chi connectivity index (χ0) is 38.8. The van der Waals surface area contributed by atoms with Gasteiger partial charge in [0.25, 0.3) is 5.91 Å². The van der Waals surface area contributed by atoms with Crippen molar-refractivity contribution in [3.05, 3.63) is 66.1 Å². The molecule has 0 unspecified atom stereocenters. The zero-order valence-electron chi connectivity index (χ0n) is 31.6. The molecule has 5 N–H and O–H groups in total. The number of halogens is 1. The van der Waals surface area contributed by atoms with Gasteiger partial charge in [-0.3, -0.25) is 34.0 Å². The Morgan fingerprint density at radius 2 is 1.52 bits per heavy atom. The lowest BCUT2D eigenvalue weighted by molar-refractivity contribution is -0.136. The van der Waals surface area contributed by atoms with Crippen molar-refractivity contribution in [2.24, 2.45) is 16.8 Å². The minimum absolute atomic E-state index is 0.0114. The number of para-hydroxylation sites is 1. The number of fused-ring (bicyclic) bond motifs is 1. The maximum Gasteiger partial charge on any atom is 0.250 e. The minimum atomic E-state index is -1.02. The molecule has 54 heavy (non-hydrogen) atoms. The Balaban J connectivity index is 1.32. The second-order valence-electron chi connectivity index (χ2n) is 15.1. The molecular formula is C40H54FN7O6. The normalized spacial score (nSPS) is 17.0. The smallest absolute Gasteiger partial charge is 0.250 e. The van der Waals surface area contributed by atoms with Crippen molar-refractivity contribution in [3.63, 3.8) is 0 Å². The fourth-order valence-corrected chi connectivity index (χ4v) is 6.91. The Kier molecular flexibility index (Phi) is 14.2.